The molecule has 0 aliphatic rings. The molecular weight excluding hydrogens is 259 g/mol. The largest absolute Gasteiger partial charge is 0.500 e. The Bertz CT molecular complexity index is 154. The Kier molecular flexibility index (Phi) is 6.30. The van der Waals surface area contributed by atoms with Crippen LogP contribution >= 0.6 is 22.6 Å². The molecule has 0 rings (SSSR count). The van der Waals surface area contributed by atoms with Gasteiger partial charge in [0.1, 0.15) is 9.84 Å². The quantitative estimate of drug-likeness (QED) is 0.338. The van der Waals surface area contributed by atoms with Gasteiger partial charge in [0.15, 0.2) is 0 Å². The molecule has 0 spiro atoms. The molecule has 0 fully saturated rings. The first-order valence-electron chi connectivity index (χ1n) is 3.36. The third-order valence-corrected chi connectivity index (χ3v) is 1.52. The summed E-state index contributed by atoms with van der Waals surface area (Å²) in [6.45, 7) is 4.57. The maximum absolute atomic E-state index is 10.9. The minimum absolute atomic E-state index is 0.332. The number of rotatable bonds is 4. The lowest BCUT2D eigenvalue weighted by Crippen LogP contribution is -2.03. The first kappa shape index (κ1) is 10.7. The Labute approximate surface area is 79.9 Å². The van der Waals surface area contributed by atoms with E-state index < -0.39 is 0 Å². The van der Waals surface area contributed by atoms with Crippen molar-refractivity contribution >= 4 is 28.6 Å². The minimum Gasteiger partial charge on any atom is -0.500 e. The lowest BCUT2D eigenvalue weighted by atomic mass is 10.6. The van der Waals surface area contributed by atoms with Gasteiger partial charge in [0.05, 0.1) is 13.2 Å². The molecule has 0 aliphatic carbocycles. The Morgan fingerprint density at radius 1 is 1.45 bits per heavy atom. The summed E-state index contributed by atoms with van der Waals surface area (Å²) >= 11 is 1.88. The molecule has 0 aromatic rings. The molecule has 0 N–H and O–H groups in total. The van der Waals surface area contributed by atoms with Gasteiger partial charge in [0.2, 0.25) is 0 Å². The van der Waals surface area contributed by atoms with Gasteiger partial charge >= 0.3 is 5.97 Å². The lowest BCUT2D eigenvalue weighted by Gasteiger charge is -1.99. The first-order valence-corrected chi connectivity index (χ1v) is 4.44. The number of esters is 1. The van der Waals surface area contributed by atoms with Gasteiger partial charge in [-0.2, -0.15) is 0 Å². The zero-order chi connectivity index (χ0) is 8.69. The summed E-state index contributed by atoms with van der Waals surface area (Å²) in [7, 11) is 0. The fourth-order valence-corrected chi connectivity index (χ4v) is 0.740. The maximum atomic E-state index is 10.9. The lowest BCUT2D eigenvalue weighted by molar-refractivity contribution is -0.137. The van der Waals surface area contributed by atoms with Crippen LogP contribution in [0.1, 0.15) is 13.8 Å². The molecule has 4 heteroatoms. The summed E-state index contributed by atoms with van der Waals surface area (Å²) in [4.78, 5) is 10.9. The van der Waals surface area contributed by atoms with Gasteiger partial charge in [0.25, 0.3) is 0 Å². The van der Waals surface area contributed by atoms with Crippen LogP contribution in [0.3, 0.4) is 0 Å². The maximum Gasteiger partial charge on any atom is 0.347 e. The van der Waals surface area contributed by atoms with Crippen LogP contribution < -0.4 is 0 Å². The summed E-state index contributed by atoms with van der Waals surface area (Å²) in [5.74, 6) is -0.332. The summed E-state index contributed by atoms with van der Waals surface area (Å²) in [5, 5.41) is 0. The molecule has 0 saturated heterocycles. The van der Waals surface area contributed by atoms with Gasteiger partial charge in [-0.05, 0) is 36.4 Å². The van der Waals surface area contributed by atoms with Crippen LogP contribution in [0.2, 0.25) is 0 Å². The zero-order valence-corrected chi connectivity index (χ0v) is 8.75. The molecule has 0 atom stereocenters. The van der Waals surface area contributed by atoms with Crippen molar-refractivity contribution in [3.8, 4) is 0 Å². The molecule has 0 amide bonds. The van der Waals surface area contributed by atoms with E-state index in [9.17, 15) is 4.79 Å². The molecule has 0 aromatic carbocycles. The second-order valence-corrected chi connectivity index (χ2v) is 2.80. The predicted octanol–water partition coefficient (Wildman–Crippen LogP) is 1.86. The van der Waals surface area contributed by atoms with E-state index in [1.807, 2.05) is 29.5 Å². The van der Waals surface area contributed by atoms with Crippen molar-refractivity contribution in [2.45, 2.75) is 13.8 Å². The number of carbonyl (C=O) groups excluding carboxylic acids is 1. The molecule has 3 nitrogen and oxygen atoms in total. The molecule has 0 bridgehead atoms. The van der Waals surface area contributed by atoms with Crippen molar-refractivity contribution in [2.24, 2.45) is 0 Å². The van der Waals surface area contributed by atoms with E-state index in [2.05, 4.69) is 0 Å². The fraction of sp³-hybridized carbons (Fsp3) is 0.571. The van der Waals surface area contributed by atoms with Crippen molar-refractivity contribution in [1.82, 2.24) is 0 Å². The summed E-state index contributed by atoms with van der Waals surface area (Å²) in [6.07, 6.45) is 1.40. The molecule has 0 radical (unpaired) electrons. The van der Waals surface area contributed by atoms with Gasteiger partial charge in [-0.3, -0.25) is 0 Å². The van der Waals surface area contributed by atoms with Crippen LogP contribution in [0.25, 0.3) is 0 Å². The highest BCUT2D eigenvalue weighted by Gasteiger charge is 2.05. The number of halogens is 1. The fourth-order valence-electron chi connectivity index (χ4n) is 0.405. The highest BCUT2D eigenvalue weighted by molar-refractivity contribution is 14.1. The zero-order valence-electron chi connectivity index (χ0n) is 6.59. The summed E-state index contributed by atoms with van der Waals surface area (Å²) < 4.78 is 10.1. The monoisotopic (exact) mass is 270 g/mol. The van der Waals surface area contributed by atoms with Crippen molar-refractivity contribution in [3.05, 3.63) is 9.84 Å². The second kappa shape index (κ2) is 6.45. The summed E-state index contributed by atoms with van der Waals surface area (Å²) in [6, 6.07) is 0. The molecule has 64 valence electrons. The number of carbonyl (C=O) groups is 1. The van der Waals surface area contributed by atoms with E-state index in [0.717, 1.165) is 0 Å². The summed E-state index contributed by atoms with van der Waals surface area (Å²) in [5.41, 5.74) is 0. The number of hydrogen-bond acceptors (Lipinski definition) is 3. The van der Waals surface area contributed by atoms with Gasteiger partial charge in [0, 0.05) is 0 Å². The molecule has 11 heavy (non-hydrogen) atoms. The third kappa shape index (κ3) is 5.06. The molecule has 0 unspecified atom stereocenters. The van der Waals surface area contributed by atoms with Crippen molar-refractivity contribution in [2.75, 3.05) is 13.2 Å². The standard InChI is InChI=1S/C7H11IO3/c1-3-10-5-6(8)7(9)11-4-2/h5H,3-4H2,1-2H3/b6-5-. The van der Waals surface area contributed by atoms with E-state index in [4.69, 9.17) is 9.47 Å². The van der Waals surface area contributed by atoms with E-state index in [1.54, 1.807) is 6.92 Å². The van der Waals surface area contributed by atoms with Gasteiger partial charge < -0.3 is 9.47 Å². The Morgan fingerprint density at radius 2 is 2.09 bits per heavy atom. The third-order valence-electron chi connectivity index (χ3n) is 0.824. The predicted molar refractivity (Wildman–Crippen MR) is 50.4 cm³/mol. The van der Waals surface area contributed by atoms with E-state index in [1.165, 1.54) is 6.26 Å². The second-order valence-electron chi connectivity index (χ2n) is 1.64. The number of hydrogen-bond donors (Lipinski definition) is 0. The molecule has 0 heterocycles. The van der Waals surface area contributed by atoms with Crippen LogP contribution in [0.4, 0.5) is 0 Å². The molecule has 0 aromatic heterocycles. The van der Waals surface area contributed by atoms with Crippen molar-refractivity contribution in [1.29, 1.82) is 0 Å². The Morgan fingerprint density at radius 3 is 2.55 bits per heavy atom. The van der Waals surface area contributed by atoms with E-state index >= 15 is 0 Å². The Hall–Kier alpha value is -0.260. The smallest absolute Gasteiger partial charge is 0.347 e. The highest BCUT2D eigenvalue weighted by atomic mass is 127. The van der Waals surface area contributed by atoms with Gasteiger partial charge in [-0.1, -0.05) is 0 Å². The SMILES string of the molecule is CCO/C=C(\I)C(=O)OCC. The van der Waals surface area contributed by atoms with Crippen LogP contribution in [0.15, 0.2) is 9.84 Å². The van der Waals surface area contributed by atoms with Crippen LogP contribution in [-0.2, 0) is 14.3 Å². The Balaban J connectivity index is 3.80. The van der Waals surface area contributed by atoms with E-state index in [-0.39, 0.29) is 5.97 Å². The van der Waals surface area contributed by atoms with Crippen LogP contribution in [-0.4, -0.2) is 19.2 Å². The van der Waals surface area contributed by atoms with E-state index in [0.29, 0.717) is 16.8 Å². The van der Waals surface area contributed by atoms with Crippen LogP contribution in [0.5, 0.6) is 0 Å². The number of ether oxygens (including phenoxy) is 2. The first-order chi connectivity index (χ1) is 5.22. The normalized spacial score (nSPS) is 11.0. The molecular formula is C7H11IO3. The highest BCUT2D eigenvalue weighted by Crippen LogP contribution is 2.07. The average molecular weight is 270 g/mol. The van der Waals surface area contributed by atoms with Crippen LogP contribution in [0, 0.1) is 0 Å². The topological polar surface area (TPSA) is 35.5 Å². The molecule has 0 aliphatic heterocycles. The van der Waals surface area contributed by atoms with Crippen molar-refractivity contribution < 1.29 is 14.3 Å². The van der Waals surface area contributed by atoms with Crippen molar-refractivity contribution in [3.63, 3.8) is 0 Å². The minimum atomic E-state index is -0.332. The van der Waals surface area contributed by atoms with Gasteiger partial charge in [-0.25, -0.2) is 4.79 Å². The average Bonchev–Trinajstić information content (AvgIpc) is 2.00. The molecule has 0 saturated carbocycles. The van der Waals surface area contributed by atoms with Gasteiger partial charge in [-0.15, -0.1) is 0 Å².